The number of hydrogen-bond acceptors (Lipinski definition) is 2. The van der Waals surface area contributed by atoms with E-state index in [4.69, 9.17) is 0 Å². The van der Waals surface area contributed by atoms with E-state index in [0.29, 0.717) is 9.80 Å². The average molecular weight is 222 g/mol. The number of sulfone groups is 1. The van der Waals surface area contributed by atoms with E-state index < -0.39 is 9.84 Å². The molecule has 0 spiro atoms. The molecule has 0 N–H and O–H groups in total. The number of rotatable bonds is 2. The van der Waals surface area contributed by atoms with Crippen LogP contribution in [-0.2, 0) is 9.84 Å². The molecule has 0 aromatic heterocycles. The normalized spacial score (nSPS) is 20.6. The molecule has 0 saturated heterocycles. The van der Waals surface area contributed by atoms with Crippen molar-refractivity contribution in [3.63, 3.8) is 0 Å². The molecular weight excluding hydrogens is 208 g/mol. The molecule has 0 bridgehead atoms. The summed E-state index contributed by atoms with van der Waals surface area (Å²) in [6.07, 6.45) is 0. The second kappa shape index (κ2) is 3.20. The largest absolute Gasteiger partial charge is 0.219 e. The first-order valence-electron chi connectivity index (χ1n) is 4.97. The summed E-state index contributed by atoms with van der Waals surface area (Å²) in [4.78, 5) is 1.01. The highest BCUT2D eigenvalue weighted by molar-refractivity contribution is 7.95. The van der Waals surface area contributed by atoms with E-state index in [1.54, 1.807) is 12.1 Å². The van der Waals surface area contributed by atoms with Gasteiger partial charge in [0.25, 0.3) is 0 Å². The van der Waals surface area contributed by atoms with E-state index in [1.807, 2.05) is 32.9 Å². The molecule has 15 heavy (non-hydrogen) atoms. The molecule has 0 amide bonds. The van der Waals surface area contributed by atoms with Crippen molar-refractivity contribution in [1.82, 2.24) is 0 Å². The quantitative estimate of drug-likeness (QED) is 0.771. The molecule has 1 unspecified atom stereocenters. The molecule has 1 aromatic carbocycles. The van der Waals surface area contributed by atoms with Gasteiger partial charge in [-0.2, -0.15) is 0 Å². The van der Waals surface area contributed by atoms with Crippen molar-refractivity contribution in [3.8, 4) is 0 Å². The van der Waals surface area contributed by atoms with Crippen LogP contribution in [0, 0.1) is 12.8 Å². The van der Waals surface area contributed by atoms with Gasteiger partial charge in [-0.25, -0.2) is 8.42 Å². The predicted molar refractivity (Wildman–Crippen MR) is 60.2 cm³/mol. The average Bonchev–Trinajstić information content (AvgIpc) is 2.76. The van der Waals surface area contributed by atoms with Gasteiger partial charge in [0, 0.05) is 5.92 Å². The van der Waals surface area contributed by atoms with Gasteiger partial charge in [0.1, 0.15) is 0 Å². The van der Waals surface area contributed by atoms with Crippen molar-refractivity contribution < 1.29 is 8.42 Å². The Labute approximate surface area is 90.6 Å². The van der Waals surface area contributed by atoms with Crippen molar-refractivity contribution in [2.24, 2.45) is 5.92 Å². The van der Waals surface area contributed by atoms with Crippen LogP contribution in [0.5, 0.6) is 0 Å². The van der Waals surface area contributed by atoms with Gasteiger partial charge in [0.05, 0.1) is 9.80 Å². The van der Waals surface area contributed by atoms with E-state index in [2.05, 4.69) is 0 Å². The van der Waals surface area contributed by atoms with Gasteiger partial charge in [-0.05, 0) is 31.6 Å². The second-order valence-corrected chi connectivity index (χ2v) is 6.00. The summed E-state index contributed by atoms with van der Waals surface area (Å²) in [6, 6.07) is 7.01. The molecule has 1 aromatic rings. The molecule has 0 heterocycles. The number of allylic oxidation sites excluding steroid dienone is 2. The molecule has 0 fully saturated rings. The monoisotopic (exact) mass is 222 g/mol. The minimum Gasteiger partial charge on any atom is -0.219 e. The minimum absolute atomic E-state index is 0.135. The van der Waals surface area contributed by atoms with Crippen LogP contribution >= 0.6 is 0 Å². The summed E-state index contributed by atoms with van der Waals surface area (Å²) in [5.74, 6) is 0.135. The van der Waals surface area contributed by atoms with E-state index in [1.165, 1.54) is 0 Å². The van der Waals surface area contributed by atoms with Gasteiger partial charge in [-0.1, -0.05) is 24.6 Å². The maximum Gasteiger partial charge on any atom is 0.203 e. The van der Waals surface area contributed by atoms with Crippen LogP contribution in [0.3, 0.4) is 0 Å². The van der Waals surface area contributed by atoms with Gasteiger partial charge in [-0.15, -0.1) is 0 Å². The van der Waals surface area contributed by atoms with Crippen molar-refractivity contribution in [2.45, 2.75) is 25.7 Å². The third-order valence-electron chi connectivity index (χ3n) is 2.97. The second-order valence-electron chi connectivity index (χ2n) is 4.09. The van der Waals surface area contributed by atoms with Gasteiger partial charge in [0.15, 0.2) is 0 Å². The van der Waals surface area contributed by atoms with Crippen molar-refractivity contribution in [3.05, 3.63) is 40.3 Å². The fourth-order valence-corrected chi connectivity index (χ4v) is 3.67. The summed E-state index contributed by atoms with van der Waals surface area (Å²) in [7, 11) is -3.20. The van der Waals surface area contributed by atoms with Gasteiger partial charge in [-0.3, -0.25) is 0 Å². The van der Waals surface area contributed by atoms with Crippen LogP contribution in [0.1, 0.15) is 19.4 Å². The number of aryl methyl sites for hydroxylation is 1. The molecule has 0 radical (unpaired) electrons. The molecular formula is C12H14O2S. The standard InChI is InChI=1S/C12H14O2S/c1-8-4-6-11(7-5-8)15(13,14)12-9(2)10(12)3/h4-7,9H,1-3H3. The van der Waals surface area contributed by atoms with E-state index >= 15 is 0 Å². The molecule has 2 nitrogen and oxygen atoms in total. The zero-order valence-electron chi connectivity index (χ0n) is 9.11. The maximum atomic E-state index is 12.1. The first-order chi connectivity index (χ1) is 6.94. The number of benzene rings is 1. The predicted octanol–water partition coefficient (Wildman–Crippen LogP) is 2.69. The summed E-state index contributed by atoms with van der Waals surface area (Å²) >= 11 is 0. The fourth-order valence-electron chi connectivity index (χ4n) is 1.74. The van der Waals surface area contributed by atoms with Gasteiger partial charge >= 0.3 is 0 Å². The molecule has 1 atom stereocenters. The zero-order chi connectivity index (χ0) is 11.2. The Kier molecular flexibility index (Phi) is 2.23. The first kappa shape index (κ1) is 10.4. The molecule has 1 aliphatic carbocycles. The number of hydrogen-bond donors (Lipinski definition) is 0. The van der Waals surface area contributed by atoms with Crippen LogP contribution in [-0.4, -0.2) is 8.42 Å². The summed E-state index contributed by atoms with van der Waals surface area (Å²) in [6.45, 7) is 5.75. The Morgan fingerprint density at radius 1 is 1.07 bits per heavy atom. The summed E-state index contributed by atoms with van der Waals surface area (Å²) < 4.78 is 24.1. The third-order valence-corrected chi connectivity index (χ3v) is 5.12. The minimum atomic E-state index is -3.20. The van der Waals surface area contributed by atoms with Crippen molar-refractivity contribution >= 4 is 9.84 Å². The fraction of sp³-hybridized carbons (Fsp3) is 0.333. The van der Waals surface area contributed by atoms with Crippen molar-refractivity contribution in [2.75, 3.05) is 0 Å². The smallest absolute Gasteiger partial charge is 0.203 e. The summed E-state index contributed by atoms with van der Waals surface area (Å²) in [5, 5.41) is 0. The Bertz CT molecular complexity index is 521. The lowest BCUT2D eigenvalue weighted by Gasteiger charge is -2.01. The molecule has 0 aliphatic heterocycles. The van der Waals surface area contributed by atoms with Crippen LogP contribution in [0.25, 0.3) is 0 Å². The highest BCUT2D eigenvalue weighted by atomic mass is 32.2. The lowest BCUT2D eigenvalue weighted by atomic mass is 10.2. The van der Waals surface area contributed by atoms with Crippen molar-refractivity contribution in [1.29, 1.82) is 0 Å². The van der Waals surface area contributed by atoms with Crippen LogP contribution in [0.15, 0.2) is 39.6 Å². The Morgan fingerprint density at radius 3 is 1.93 bits per heavy atom. The lowest BCUT2D eigenvalue weighted by Crippen LogP contribution is -1.99. The molecule has 80 valence electrons. The first-order valence-corrected chi connectivity index (χ1v) is 6.45. The lowest BCUT2D eigenvalue weighted by molar-refractivity contribution is 0.602. The van der Waals surface area contributed by atoms with Crippen LogP contribution < -0.4 is 0 Å². The van der Waals surface area contributed by atoms with Crippen LogP contribution in [0.2, 0.25) is 0 Å². The van der Waals surface area contributed by atoms with E-state index in [0.717, 1.165) is 11.1 Å². The molecule has 3 heteroatoms. The molecule has 2 rings (SSSR count). The van der Waals surface area contributed by atoms with Gasteiger partial charge in [0.2, 0.25) is 9.84 Å². The molecule has 0 saturated carbocycles. The Morgan fingerprint density at radius 2 is 1.53 bits per heavy atom. The SMILES string of the molecule is CC1=C(S(=O)(=O)c2ccc(C)cc2)C1C. The Balaban J connectivity index is 2.44. The summed E-state index contributed by atoms with van der Waals surface area (Å²) in [5.41, 5.74) is 2.07. The highest BCUT2D eigenvalue weighted by Crippen LogP contribution is 2.44. The van der Waals surface area contributed by atoms with E-state index in [-0.39, 0.29) is 5.92 Å². The third kappa shape index (κ3) is 1.61. The zero-order valence-corrected chi connectivity index (χ0v) is 9.93. The molecule has 1 aliphatic rings. The van der Waals surface area contributed by atoms with Crippen LogP contribution in [0.4, 0.5) is 0 Å². The van der Waals surface area contributed by atoms with Gasteiger partial charge < -0.3 is 0 Å². The highest BCUT2D eigenvalue weighted by Gasteiger charge is 2.39. The maximum absolute atomic E-state index is 12.1. The Hall–Kier alpha value is -1.09. The van der Waals surface area contributed by atoms with E-state index in [9.17, 15) is 8.42 Å². The topological polar surface area (TPSA) is 34.1 Å².